The number of thiophene rings is 1. The monoisotopic (exact) mass is 466 g/mol. The van der Waals surface area contributed by atoms with Crippen molar-refractivity contribution in [3.05, 3.63) is 41.2 Å². The molecule has 9 nitrogen and oxygen atoms in total. The highest BCUT2D eigenvalue weighted by atomic mass is 32.1. The van der Waals surface area contributed by atoms with Gasteiger partial charge in [0.2, 0.25) is 0 Å². The number of hydrogen-bond donors (Lipinski definition) is 3. The van der Waals surface area contributed by atoms with Gasteiger partial charge in [0.25, 0.3) is 0 Å². The molecule has 1 aromatic carbocycles. The Bertz CT molecular complexity index is 1290. The van der Waals surface area contributed by atoms with E-state index in [4.69, 9.17) is 9.84 Å². The number of rotatable bonds is 7. The zero-order valence-corrected chi connectivity index (χ0v) is 19.2. The molecule has 1 aliphatic rings. The molecule has 0 spiro atoms. The molecule has 3 heterocycles. The van der Waals surface area contributed by atoms with Gasteiger partial charge in [-0.15, -0.1) is 11.3 Å². The Balaban J connectivity index is 1.32. The Morgan fingerprint density at radius 2 is 2.27 bits per heavy atom. The van der Waals surface area contributed by atoms with Crippen LogP contribution in [0.15, 0.2) is 30.7 Å². The highest BCUT2D eigenvalue weighted by molar-refractivity contribution is 7.19. The number of aliphatic hydroxyl groups excluding tert-OH is 1. The number of aryl methyl sites for hydroxylation is 1. The Hall–Kier alpha value is -3.24. The number of H-pyrrole nitrogens is 1. The molecule has 0 radical (unpaired) electrons. The van der Waals surface area contributed by atoms with Crippen LogP contribution >= 0.6 is 11.3 Å². The molecule has 1 aliphatic carbocycles. The zero-order valence-electron chi connectivity index (χ0n) is 18.4. The number of hydrogen-bond acceptors (Lipinski definition) is 8. The molecule has 0 aliphatic heterocycles. The lowest BCUT2D eigenvalue weighted by Gasteiger charge is -2.25. The van der Waals surface area contributed by atoms with E-state index in [0.29, 0.717) is 19.4 Å². The summed E-state index contributed by atoms with van der Waals surface area (Å²) < 4.78 is 5.77. The number of unbranched alkanes of at least 4 members (excludes halogenated alkanes) is 1. The fourth-order valence-electron chi connectivity index (χ4n) is 4.22. The summed E-state index contributed by atoms with van der Waals surface area (Å²) in [4.78, 5) is 25.2. The number of nitrogens with one attached hydrogen (secondary N) is 2. The van der Waals surface area contributed by atoms with E-state index >= 15 is 0 Å². The van der Waals surface area contributed by atoms with E-state index in [0.717, 1.165) is 51.9 Å². The van der Waals surface area contributed by atoms with Crippen LogP contribution in [0.2, 0.25) is 0 Å². The minimum atomic E-state index is -0.306. The van der Waals surface area contributed by atoms with Gasteiger partial charge in [-0.25, -0.2) is 14.8 Å². The minimum Gasteiger partial charge on any atom is -0.446 e. The third-order valence-electron chi connectivity index (χ3n) is 5.98. The predicted molar refractivity (Wildman–Crippen MR) is 128 cm³/mol. The minimum absolute atomic E-state index is 0.137. The van der Waals surface area contributed by atoms with Crippen molar-refractivity contribution in [3.8, 4) is 0 Å². The van der Waals surface area contributed by atoms with Gasteiger partial charge in [0.15, 0.2) is 0 Å². The van der Waals surface area contributed by atoms with Crippen LogP contribution in [0.5, 0.6) is 0 Å². The van der Waals surface area contributed by atoms with Crippen molar-refractivity contribution < 1.29 is 14.6 Å². The van der Waals surface area contributed by atoms with Crippen LogP contribution in [-0.2, 0) is 17.6 Å². The van der Waals surface area contributed by atoms with Gasteiger partial charge in [0.05, 0.1) is 17.1 Å². The number of amides is 1. The van der Waals surface area contributed by atoms with Crippen molar-refractivity contribution in [1.82, 2.24) is 25.1 Å². The third-order valence-corrected chi connectivity index (χ3v) is 7.15. The van der Waals surface area contributed by atoms with Crippen molar-refractivity contribution in [3.63, 3.8) is 0 Å². The molecule has 0 fully saturated rings. The molecule has 0 saturated carbocycles. The fraction of sp³-hybridized carbons (Fsp3) is 0.391. The molecule has 1 unspecified atom stereocenters. The van der Waals surface area contributed by atoms with Gasteiger partial charge in [0, 0.05) is 42.6 Å². The zero-order chi connectivity index (χ0) is 22.8. The summed E-state index contributed by atoms with van der Waals surface area (Å²) in [5, 5.41) is 21.5. The highest BCUT2D eigenvalue weighted by Gasteiger charge is 2.28. The van der Waals surface area contributed by atoms with Gasteiger partial charge >= 0.3 is 6.09 Å². The average Bonchev–Trinajstić information content (AvgIpc) is 3.43. The number of nitrogens with zero attached hydrogens (tertiary/aromatic N) is 4. The SMILES string of the molecule is CN(CCCCO)C(=O)OC1CCc2c(sc3ncnc(Nc4ccc5[nH]ncc5c4)c23)C1. The lowest BCUT2D eigenvalue weighted by Crippen LogP contribution is -2.34. The lowest BCUT2D eigenvalue weighted by molar-refractivity contribution is 0.0626. The van der Waals surface area contributed by atoms with Crippen molar-refractivity contribution in [1.29, 1.82) is 0 Å². The maximum Gasteiger partial charge on any atom is 0.409 e. The summed E-state index contributed by atoms with van der Waals surface area (Å²) in [6, 6.07) is 6.03. The first-order valence-corrected chi connectivity index (χ1v) is 11.9. The molecular formula is C23H26N6O3S. The van der Waals surface area contributed by atoms with Gasteiger partial charge in [-0.2, -0.15) is 5.10 Å². The van der Waals surface area contributed by atoms with Gasteiger partial charge < -0.3 is 20.1 Å². The Morgan fingerprint density at radius 3 is 3.15 bits per heavy atom. The van der Waals surface area contributed by atoms with Crippen LogP contribution < -0.4 is 5.32 Å². The van der Waals surface area contributed by atoms with E-state index in [-0.39, 0.29) is 18.8 Å². The van der Waals surface area contributed by atoms with E-state index in [1.165, 1.54) is 10.4 Å². The first kappa shape index (κ1) is 21.6. The van der Waals surface area contributed by atoms with Gasteiger partial charge in [-0.05, 0) is 49.4 Å². The largest absolute Gasteiger partial charge is 0.446 e. The van der Waals surface area contributed by atoms with E-state index in [2.05, 4.69) is 25.5 Å². The van der Waals surface area contributed by atoms with Crippen LogP contribution in [0.25, 0.3) is 21.1 Å². The van der Waals surface area contributed by atoms with Crippen molar-refractivity contribution in [2.75, 3.05) is 25.5 Å². The van der Waals surface area contributed by atoms with Crippen LogP contribution in [0.3, 0.4) is 0 Å². The van der Waals surface area contributed by atoms with Crippen molar-refractivity contribution in [2.24, 2.45) is 0 Å². The molecule has 0 bridgehead atoms. The molecule has 172 valence electrons. The first-order valence-electron chi connectivity index (χ1n) is 11.1. The maximum absolute atomic E-state index is 12.4. The molecule has 33 heavy (non-hydrogen) atoms. The quantitative estimate of drug-likeness (QED) is 0.352. The molecule has 4 aromatic rings. The van der Waals surface area contributed by atoms with Crippen LogP contribution in [-0.4, -0.2) is 62.6 Å². The highest BCUT2D eigenvalue weighted by Crippen LogP contribution is 2.39. The van der Waals surface area contributed by atoms with Gasteiger partial charge in [-0.3, -0.25) is 5.10 Å². The predicted octanol–water partition coefficient (Wildman–Crippen LogP) is 4.01. The second-order valence-corrected chi connectivity index (χ2v) is 9.39. The second-order valence-electron chi connectivity index (χ2n) is 8.30. The molecule has 5 rings (SSSR count). The Labute approximate surface area is 194 Å². The van der Waals surface area contributed by atoms with E-state index in [9.17, 15) is 4.79 Å². The maximum atomic E-state index is 12.4. The summed E-state index contributed by atoms with van der Waals surface area (Å²) in [7, 11) is 1.74. The third kappa shape index (κ3) is 4.49. The molecule has 1 atom stereocenters. The second kappa shape index (κ2) is 9.32. The van der Waals surface area contributed by atoms with Gasteiger partial charge in [0.1, 0.15) is 23.1 Å². The fourth-order valence-corrected chi connectivity index (χ4v) is 5.47. The number of benzene rings is 1. The number of aromatic amines is 1. The Morgan fingerprint density at radius 1 is 1.36 bits per heavy atom. The lowest BCUT2D eigenvalue weighted by atomic mass is 9.94. The number of fused-ring (bicyclic) bond motifs is 4. The van der Waals surface area contributed by atoms with Crippen molar-refractivity contribution in [2.45, 2.75) is 38.2 Å². The summed E-state index contributed by atoms with van der Waals surface area (Å²) in [6.45, 7) is 0.716. The smallest absolute Gasteiger partial charge is 0.409 e. The average molecular weight is 467 g/mol. The summed E-state index contributed by atoms with van der Waals surface area (Å²) in [5.74, 6) is 0.791. The Kier molecular flexibility index (Phi) is 6.10. The van der Waals surface area contributed by atoms with Crippen molar-refractivity contribution >= 4 is 50.1 Å². The number of carbonyl (C=O) groups is 1. The molecular weight excluding hydrogens is 440 g/mol. The first-order chi connectivity index (χ1) is 16.1. The van der Waals surface area contributed by atoms with Gasteiger partial charge in [-0.1, -0.05) is 0 Å². The summed E-state index contributed by atoms with van der Waals surface area (Å²) in [5.41, 5.74) is 3.17. The number of ether oxygens (including phenoxy) is 1. The number of anilines is 2. The van der Waals surface area contributed by atoms with E-state index < -0.39 is 0 Å². The summed E-state index contributed by atoms with van der Waals surface area (Å²) >= 11 is 1.65. The molecule has 3 aromatic heterocycles. The van der Waals surface area contributed by atoms with Crippen LogP contribution in [0.1, 0.15) is 29.7 Å². The standard InChI is InChI=1S/C23H26N6O3S/c1-29(8-2-3-9-30)23(31)32-16-5-6-17-19(11-16)33-22-20(17)21(24-13-25-22)27-15-4-7-18-14(10-15)12-26-28-18/h4,7,10,12-13,16,30H,2-3,5-6,8-9,11H2,1H3,(H,26,28)(H,24,25,27). The molecule has 0 saturated heterocycles. The number of aromatic nitrogens is 4. The van der Waals surface area contributed by atoms with E-state index in [1.807, 2.05) is 18.2 Å². The molecule has 10 heteroatoms. The number of aliphatic hydroxyl groups is 1. The molecule has 3 N–H and O–H groups in total. The normalized spacial score (nSPS) is 15.5. The summed E-state index contributed by atoms with van der Waals surface area (Å²) in [6.07, 6.45) is 6.64. The molecule has 1 amide bonds. The topological polar surface area (TPSA) is 116 Å². The van der Waals surface area contributed by atoms with Crippen LogP contribution in [0, 0.1) is 0 Å². The van der Waals surface area contributed by atoms with E-state index in [1.54, 1.807) is 35.8 Å². The van der Waals surface area contributed by atoms with Crippen LogP contribution in [0.4, 0.5) is 16.3 Å². The number of carbonyl (C=O) groups excluding carboxylic acids is 1.